The van der Waals surface area contributed by atoms with Crippen LogP contribution >= 0.6 is 0 Å². The Kier molecular flexibility index (Phi) is 5.29. The molecule has 2 aliphatic rings. The number of anilines is 1. The number of methoxy groups -OCH3 is 2. The van der Waals surface area contributed by atoms with E-state index in [-0.39, 0.29) is 24.5 Å². The van der Waals surface area contributed by atoms with E-state index in [0.29, 0.717) is 23.7 Å². The predicted molar refractivity (Wildman–Crippen MR) is 108 cm³/mol. The minimum atomic E-state index is -0.195. The van der Waals surface area contributed by atoms with E-state index in [1.807, 2.05) is 24.3 Å². The topological polar surface area (TPSA) is 85.9 Å². The number of hydrogen-bond donors (Lipinski definition) is 2. The van der Waals surface area contributed by atoms with Crippen LogP contribution in [0.1, 0.15) is 35.6 Å². The number of hydrogen-bond acceptors (Lipinski definition) is 5. The number of fused-ring (bicyclic) bond motifs is 2. The Balaban J connectivity index is 1.38. The Bertz CT molecular complexity index is 956. The number of amides is 2. The summed E-state index contributed by atoms with van der Waals surface area (Å²) in [6, 6.07) is 9.34. The quantitative estimate of drug-likeness (QED) is 0.784. The SMILES string of the molecule is COc1cc2c(cc1OC)[C@H](NC(=O)COc1ccc3c(c1)NC(=O)CC3)CC2. The Labute approximate surface area is 169 Å². The molecule has 0 saturated carbocycles. The van der Waals surface area contributed by atoms with Crippen LogP contribution in [0.15, 0.2) is 30.3 Å². The fraction of sp³-hybridized carbons (Fsp3) is 0.364. The molecular formula is C22H24N2O5. The molecule has 7 heteroatoms. The van der Waals surface area contributed by atoms with E-state index in [1.54, 1.807) is 20.3 Å². The van der Waals surface area contributed by atoms with Gasteiger partial charge >= 0.3 is 0 Å². The average molecular weight is 396 g/mol. The molecule has 1 aliphatic carbocycles. The third-order valence-corrected chi connectivity index (χ3v) is 5.41. The zero-order chi connectivity index (χ0) is 20.4. The van der Waals surface area contributed by atoms with Crippen molar-refractivity contribution in [3.8, 4) is 17.2 Å². The average Bonchev–Trinajstić information content (AvgIpc) is 3.12. The van der Waals surface area contributed by atoms with Gasteiger partial charge in [0.25, 0.3) is 5.91 Å². The Hall–Kier alpha value is -3.22. The maximum absolute atomic E-state index is 12.4. The first-order valence-corrected chi connectivity index (χ1v) is 9.67. The van der Waals surface area contributed by atoms with Crippen LogP contribution in [0.5, 0.6) is 17.2 Å². The van der Waals surface area contributed by atoms with E-state index in [9.17, 15) is 9.59 Å². The summed E-state index contributed by atoms with van der Waals surface area (Å²) in [6.07, 6.45) is 2.90. The number of benzene rings is 2. The summed E-state index contributed by atoms with van der Waals surface area (Å²) in [6.45, 7) is -0.0914. The van der Waals surface area contributed by atoms with Gasteiger partial charge in [0.15, 0.2) is 18.1 Å². The van der Waals surface area contributed by atoms with Crippen LogP contribution in [0, 0.1) is 0 Å². The van der Waals surface area contributed by atoms with Gasteiger partial charge in [-0.15, -0.1) is 0 Å². The summed E-state index contributed by atoms with van der Waals surface area (Å²) in [5, 5.41) is 5.87. The second kappa shape index (κ2) is 8.03. The van der Waals surface area contributed by atoms with Crippen molar-refractivity contribution in [1.29, 1.82) is 0 Å². The van der Waals surface area contributed by atoms with Gasteiger partial charge in [-0.05, 0) is 54.2 Å². The summed E-state index contributed by atoms with van der Waals surface area (Å²) < 4.78 is 16.4. The van der Waals surface area contributed by atoms with Crippen LogP contribution in [0.4, 0.5) is 5.69 Å². The van der Waals surface area contributed by atoms with Crippen LogP contribution in [-0.2, 0) is 22.4 Å². The zero-order valence-electron chi connectivity index (χ0n) is 16.5. The molecule has 0 aromatic heterocycles. The van der Waals surface area contributed by atoms with Crippen LogP contribution in [-0.4, -0.2) is 32.6 Å². The summed E-state index contributed by atoms with van der Waals surface area (Å²) in [5.74, 6) is 1.71. The van der Waals surface area contributed by atoms with Crippen LogP contribution in [0.2, 0.25) is 0 Å². The maximum atomic E-state index is 12.4. The van der Waals surface area contributed by atoms with E-state index in [0.717, 1.165) is 41.6 Å². The molecule has 29 heavy (non-hydrogen) atoms. The minimum Gasteiger partial charge on any atom is -0.493 e. The fourth-order valence-electron chi connectivity index (χ4n) is 3.91. The van der Waals surface area contributed by atoms with Gasteiger partial charge in [0.2, 0.25) is 5.91 Å². The maximum Gasteiger partial charge on any atom is 0.258 e. The molecule has 1 heterocycles. The van der Waals surface area contributed by atoms with Crippen molar-refractivity contribution in [3.63, 3.8) is 0 Å². The van der Waals surface area contributed by atoms with Crippen molar-refractivity contribution in [2.45, 2.75) is 31.7 Å². The van der Waals surface area contributed by atoms with Crippen LogP contribution in [0.25, 0.3) is 0 Å². The second-order valence-corrected chi connectivity index (χ2v) is 7.22. The molecule has 0 spiro atoms. The van der Waals surface area contributed by atoms with Gasteiger partial charge in [0.1, 0.15) is 5.75 Å². The molecule has 2 aromatic carbocycles. The molecule has 0 bridgehead atoms. The normalized spacial score (nSPS) is 17.0. The van der Waals surface area contributed by atoms with Crippen molar-refractivity contribution in [2.75, 3.05) is 26.1 Å². The molecule has 0 unspecified atom stereocenters. The molecule has 0 fully saturated rings. The molecule has 7 nitrogen and oxygen atoms in total. The molecule has 2 amide bonds. The van der Waals surface area contributed by atoms with Gasteiger partial charge in [0.05, 0.1) is 20.3 Å². The molecule has 152 valence electrons. The van der Waals surface area contributed by atoms with Gasteiger partial charge in [-0.25, -0.2) is 0 Å². The van der Waals surface area contributed by atoms with Gasteiger partial charge in [-0.3, -0.25) is 9.59 Å². The molecule has 2 aromatic rings. The van der Waals surface area contributed by atoms with Crippen molar-refractivity contribution in [3.05, 3.63) is 47.0 Å². The van der Waals surface area contributed by atoms with Gasteiger partial charge in [-0.2, -0.15) is 0 Å². The van der Waals surface area contributed by atoms with Crippen molar-refractivity contribution in [1.82, 2.24) is 5.32 Å². The van der Waals surface area contributed by atoms with Crippen molar-refractivity contribution in [2.24, 2.45) is 0 Å². The van der Waals surface area contributed by atoms with E-state index in [4.69, 9.17) is 14.2 Å². The highest BCUT2D eigenvalue weighted by Gasteiger charge is 2.26. The highest BCUT2D eigenvalue weighted by Crippen LogP contribution is 2.39. The lowest BCUT2D eigenvalue weighted by Gasteiger charge is -2.18. The molecule has 2 N–H and O–H groups in total. The Morgan fingerprint density at radius 2 is 1.86 bits per heavy atom. The van der Waals surface area contributed by atoms with E-state index in [1.165, 1.54) is 0 Å². The first kappa shape index (κ1) is 19.1. The van der Waals surface area contributed by atoms with E-state index >= 15 is 0 Å². The summed E-state index contributed by atoms with van der Waals surface area (Å²) in [5.41, 5.74) is 4.03. The molecule has 1 atom stereocenters. The summed E-state index contributed by atoms with van der Waals surface area (Å²) in [4.78, 5) is 24.0. The lowest BCUT2D eigenvalue weighted by atomic mass is 10.0. The molecular weight excluding hydrogens is 372 g/mol. The lowest BCUT2D eigenvalue weighted by molar-refractivity contribution is -0.123. The van der Waals surface area contributed by atoms with Crippen LogP contribution in [0.3, 0.4) is 0 Å². The molecule has 0 saturated heterocycles. The lowest BCUT2D eigenvalue weighted by Crippen LogP contribution is -2.31. The fourth-order valence-corrected chi connectivity index (χ4v) is 3.91. The predicted octanol–water partition coefficient (Wildman–Crippen LogP) is 2.77. The number of ether oxygens (including phenoxy) is 3. The highest BCUT2D eigenvalue weighted by atomic mass is 16.5. The Morgan fingerprint density at radius 1 is 1.07 bits per heavy atom. The van der Waals surface area contributed by atoms with Gasteiger partial charge in [0, 0.05) is 18.2 Å². The zero-order valence-corrected chi connectivity index (χ0v) is 16.5. The third kappa shape index (κ3) is 3.99. The molecule has 4 rings (SSSR count). The number of aryl methyl sites for hydroxylation is 2. The molecule has 1 aliphatic heterocycles. The highest BCUT2D eigenvalue weighted by molar-refractivity contribution is 5.94. The number of nitrogens with one attached hydrogen (secondary N) is 2. The smallest absolute Gasteiger partial charge is 0.258 e. The number of carbonyl (C=O) groups is 2. The van der Waals surface area contributed by atoms with Gasteiger partial charge in [-0.1, -0.05) is 6.07 Å². The molecule has 0 radical (unpaired) electrons. The second-order valence-electron chi connectivity index (χ2n) is 7.22. The first-order chi connectivity index (χ1) is 14.1. The van der Waals surface area contributed by atoms with Crippen LogP contribution < -0.4 is 24.8 Å². The minimum absolute atomic E-state index is 0.000601. The first-order valence-electron chi connectivity index (χ1n) is 9.67. The Morgan fingerprint density at radius 3 is 2.66 bits per heavy atom. The largest absolute Gasteiger partial charge is 0.493 e. The summed E-state index contributed by atoms with van der Waals surface area (Å²) in [7, 11) is 3.21. The van der Waals surface area contributed by atoms with E-state index in [2.05, 4.69) is 10.6 Å². The summed E-state index contributed by atoms with van der Waals surface area (Å²) >= 11 is 0. The number of carbonyl (C=O) groups excluding carboxylic acids is 2. The van der Waals surface area contributed by atoms with Crippen molar-refractivity contribution >= 4 is 17.5 Å². The monoisotopic (exact) mass is 396 g/mol. The standard InChI is InChI=1S/C22H24N2O5/c1-27-19-9-14-4-7-17(16(14)11-20(19)28-2)23-22(26)12-29-15-6-3-13-5-8-21(25)24-18(13)10-15/h3,6,9-11,17H,4-5,7-8,12H2,1-2H3,(H,23,26)(H,24,25)/t17-/m1/s1. The third-order valence-electron chi connectivity index (χ3n) is 5.41. The number of rotatable bonds is 6. The van der Waals surface area contributed by atoms with Crippen molar-refractivity contribution < 1.29 is 23.8 Å². The van der Waals surface area contributed by atoms with E-state index < -0.39 is 0 Å². The van der Waals surface area contributed by atoms with Gasteiger partial charge < -0.3 is 24.8 Å².